The van der Waals surface area contributed by atoms with Gasteiger partial charge in [0.15, 0.2) is 5.82 Å². The molecule has 7 nitrogen and oxygen atoms in total. The van der Waals surface area contributed by atoms with E-state index in [-0.39, 0.29) is 24.5 Å². The van der Waals surface area contributed by atoms with Crippen LogP contribution < -0.4 is 4.90 Å². The van der Waals surface area contributed by atoms with Crippen LogP contribution in [-0.4, -0.2) is 39.3 Å². The predicted octanol–water partition coefficient (Wildman–Crippen LogP) is 6.83. The van der Waals surface area contributed by atoms with Gasteiger partial charge in [-0.25, -0.2) is 9.48 Å². The number of hydrogen-bond donors (Lipinski definition) is 0. The van der Waals surface area contributed by atoms with Crippen LogP contribution in [-0.2, 0) is 9.53 Å². The van der Waals surface area contributed by atoms with Crippen molar-refractivity contribution in [2.24, 2.45) is 11.8 Å². The molecule has 4 aromatic rings. The molecule has 5 rings (SSSR count). The molecule has 1 fully saturated rings. The summed E-state index contributed by atoms with van der Waals surface area (Å²) in [5.41, 5.74) is 4.21. The molecule has 0 spiro atoms. The number of nitrogens with zero attached hydrogens (tertiary/aromatic N) is 4. The smallest absolute Gasteiger partial charge is 0.343 e. The van der Waals surface area contributed by atoms with Crippen molar-refractivity contribution in [2.75, 3.05) is 11.5 Å². The minimum absolute atomic E-state index is 0.0360. The summed E-state index contributed by atoms with van der Waals surface area (Å²) in [7, 11) is 0. The van der Waals surface area contributed by atoms with E-state index in [9.17, 15) is 9.59 Å². The second-order valence-electron chi connectivity index (χ2n) is 10.7. The molecule has 1 aliphatic rings. The number of pyridine rings is 1. The van der Waals surface area contributed by atoms with Gasteiger partial charge in [0, 0.05) is 29.7 Å². The second-order valence-corrected chi connectivity index (χ2v) is 10.7. The number of ether oxygens (including phenoxy) is 1. The fraction of sp³-hybridized carbons (Fsp3) is 0.375. The van der Waals surface area contributed by atoms with E-state index >= 15 is 0 Å². The lowest BCUT2D eigenvalue weighted by atomic mass is 9.82. The van der Waals surface area contributed by atoms with E-state index in [2.05, 4.69) is 30.1 Å². The zero-order chi connectivity index (χ0) is 27.5. The normalized spacial score (nSPS) is 17.4. The molecular weight excluding hydrogens is 488 g/mol. The van der Waals surface area contributed by atoms with Gasteiger partial charge in [-0.15, -0.1) is 5.10 Å². The summed E-state index contributed by atoms with van der Waals surface area (Å²) in [6.45, 7) is 8.19. The lowest BCUT2D eigenvalue weighted by molar-refractivity contribution is -0.124. The van der Waals surface area contributed by atoms with Crippen LogP contribution in [0.2, 0.25) is 0 Å². The monoisotopic (exact) mass is 524 g/mol. The molecule has 0 atom stereocenters. The molecule has 2 aromatic carbocycles. The summed E-state index contributed by atoms with van der Waals surface area (Å²) in [6, 6.07) is 18.1. The first-order valence-corrected chi connectivity index (χ1v) is 13.9. The molecular formula is C32H36N4O3. The molecule has 39 heavy (non-hydrogen) atoms. The van der Waals surface area contributed by atoms with Crippen LogP contribution in [0, 0.1) is 11.8 Å². The van der Waals surface area contributed by atoms with Gasteiger partial charge in [0.1, 0.15) is 5.56 Å². The van der Waals surface area contributed by atoms with Gasteiger partial charge in [-0.1, -0.05) is 31.2 Å². The van der Waals surface area contributed by atoms with Gasteiger partial charge in [-0.05, 0) is 93.8 Å². The number of anilines is 1. The average molecular weight is 525 g/mol. The molecule has 0 N–H and O–H groups in total. The first-order chi connectivity index (χ1) is 18.9. The van der Waals surface area contributed by atoms with E-state index in [1.165, 1.54) is 0 Å². The molecule has 202 valence electrons. The average Bonchev–Trinajstić information content (AvgIpc) is 3.38. The molecule has 0 aliphatic heterocycles. The highest BCUT2D eigenvalue weighted by molar-refractivity contribution is 6.02. The van der Waals surface area contributed by atoms with E-state index < -0.39 is 5.97 Å². The van der Waals surface area contributed by atoms with Gasteiger partial charge in [-0.2, -0.15) is 0 Å². The molecule has 0 unspecified atom stereocenters. The number of rotatable bonds is 7. The summed E-state index contributed by atoms with van der Waals surface area (Å²) in [5, 5.41) is 5.88. The molecule has 2 aromatic heterocycles. The minimum atomic E-state index is -0.476. The van der Waals surface area contributed by atoms with Crippen molar-refractivity contribution in [1.29, 1.82) is 0 Å². The first-order valence-electron chi connectivity index (χ1n) is 13.9. The molecule has 0 radical (unpaired) electrons. The van der Waals surface area contributed by atoms with Crippen molar-refractivity contribution in [3.05, 3.63) is 72.6 Å². The highest BCUT2D eigenvalue weighted by Gasteiger charge is 2.34. The molecule has 1 saturated carbocycles. The van der Waals surface area contributed by atoms with Crippen molar-refractivity contribution in [3.8, 4) is 16.8 Å². The van der Waals surface area contributed by atoms with E-state index in [0.29, 0.717) is 17.3 Å². The fourth-order valence-corrected chi connectivity index (χ4v) is 5.40. The van der Waals surface area contributed by atoms with Gasteiger partial charge in [0.25, 0.3) is 0 Å². The fourth-order valence-electron chi connectivity index (χ4n) is 5.40. The van der Waals surface area contributed by atoms with Gasteiger partial charge in [0.05, 0.1) is 17.8 Å². The number of aromatic nitrogens is 3. The Balaban J connectivity index is 1.48. The lowest BCUT2D eigenvalue weighted by Crippen LogP contribution is -2.43. The third kappa shape index (κ3) is 5.58. The summed E-state index contributed by atoms with van der Waals surface area (Å²) >= 11 is 0. The van der Waals surface area contributed by atoms with Crippen LogP contribution >= 0.6 is 0 Å². The molecule has 2 heterocycles. The maximum Gasteiger partial charge on any atom is 0.343 e. The lowest BCUT2D eigenvalue weighted by Gasteiger charge is -2.32. The number of fused-ring (bicyclic) bond motifs is 1. The maximum absolute atomic E-state index is 13.7. The van der Waals surface area contributed by atoms with Crippen molar-refractivity contribution < 1.29 is 14.3 Å². The summed E-state index contributed by atoms with van der Waals surface area (Å²) < 4.78 is 7.03. The third-order valence-corrected chi connectivity index (χ3v) is 7.61. The Kier molecular flexibility index (Phi) is 7.77. The summed E-state index contributed by atoms with van der Waals surface area (Å²) in [6.07, 6.45) is 7.29. The zero-order valence-electron chi connectivity index (χ0n) is 23.1. The van der Waals surface area contributed by atoms with E-state index in [1.54, 1.807) is 28.9 Å². The van der Waals surface area contributed by atoms with Crippen LogP contribution in [0.4, 0.5) is 5.82 Å². The van der Waals surface area contributed by atoms with Gasteiger partial charge in [0.2, 0.25) is 5.91 Å². The first kappa shape index (κ1) is 26.6. The number of esters is 1. The summed E-state index contributed by atoms with van der Waals surface area (Å²) in [5.74, 6) is 0.508. The number of carbonyl (C=O) groups excluding carboxylic acids is 2. The molecule has 7 heteroatoms. The van der Waals surface area contributed by atoms with E-state index in [4.69, 9.17) is 9.84 Å². The number of carbonyl (C=O) groups is 2. The zero-order valence-corrected chi connectivity index (χ0v) is 23.1. The highest BCUT2D eigenvalue weighted by Crippen LogP contribution is 2.33. The van der Waals surface area contributed by atoms with Crippen molar-refractivity contribution in [3.63, 3.8) is 0 Å². The molecule has 1 amide bonds. The van der Waals surface area contributed by atoms with Crippen LogP contribution in [0.1, 0.15) is 63.7 Å². The van der Waals surface area contributed by atoms with Gasteiger partial charge < -0.3 is 4.74 Å². The maximum atomic E-state index is 13.7. The highest BCUT2D eigenvalue weighted by atomic mass is 16.5. The van der Waals surface area contributed by atoms with E-state index in [0.717, 1.165) is 53.4 Å². The largest absolute Gasteiger partial charge is 0.462 e. The third-order valence-electron chi connectivity index (χ3n) is 7.61. The van der Waals surface area contributed by atoms with Gasteiger partial charge in [-0.3, -0.25) is 14.7 Å². The molecule has 0 saturated heterocycles. The SMILES string of the molecule is CCOC(=O)c1cn(-c2ccc(-c3ccc4ncccc4c3)cc2)nc1N(C(=O)C1CCC(C)CC1)C(C)C. The van der Waals surface area contributed by atoms with Crippen LogP contribution in [0.3, 0.4) is 0 Å². The second kappa shape index (κ2) is 11.4. The molecule has 1 aliphatic carbocycles. The quantitative estimate of drug-likeness (QED) is 0.248. The van der Waals surface area contributed by atoms with Crippen LogP contribution in [0.15, 0.2) is 67.0 Å². The van der Waals surface area contributed by atoms with Crippen molar-refractivity contribution >= 4 is 28.6 Å². The van der Waals surface area contributed by atoms with Crippen LogP contribution in [0.5, 0.6) is 0 Å². The Labute approximate surface area is 229 Å². The number of hydrogen-bond acceptors (Lipinski definition) is 5. The standard InChI is InChI=1S/C32H36N4O3/c1-5-39-32(38)28-20-35(34-30(28)36(21(2)3)31(37)24-10-8-22(4)9-11-24)27-15-12-23(13-16-27)25-14-17-29-26(19-25)7-6-18-33-29/h6-7,12-22,24H,5,8-11H2,1-4H3. The Hall–Kier alpha value is -4.00. The van der Waals surface area contributed by atoms with Crippen LogP contribution in [0.25, 0.3) is 27.7 Å². The number of amides is 1. The Bertz CT molecular complexity index is 1470. The topological polar surface area (TPSA) is 77.3 Å². The Morgan fingerprint density at radius 1 is 1.03 bits per heavy atom. The minimum Gasteiger partial charge on any atom is -0.462 e. The van der Waals surface area contributed by atoms with E-state index in [1.807, 2.05) is 50.2 Å². The Morgan fingerprint density at radius 2 is 1.74 bits per heavy atom. The summed E-state index contributed by atoms with van der Waals surface area (Å²) in [4.78, 5) is 32.8. The van der Waals surface area contributed by atoms with Gasteiger partial charge >= 0.3 is 5.97 Å². The predicted molar refractivity (Wildman–Crippen MR) is 154 cm³/mol. The number of benzene rings is 2. The molecule has 0 bridgehead atoms. The van der Waals surface area contributed by atoms with Crippen molar-refractivity contribution in [1.82, 2.24) is 14.8 Å². The van der Waals surface area contributed by atoms with Crippen molar-refractivity contribution in [2.45, 2.75) is 59.4 Å². The Morgan fingerprint density at radius 3 is 2.44 bits per heavy atom.